The number of piperazine rings is 1. The first kappa shape index (κ1) is 30.0. The molecular weight excluding hydrogens is 532 g/mol. The van der Waals surface area contributed by atoms with E-state index in [1.165, 1.54) is 0 Å². The number of hydrogen-bond donors (Lipinski definition) is 1. The van der Waals surface area contributed by atoms with Crippen molar-refractivity contribution in [2.24, 2.45) is 0 Å². The highest BCUT2D eigenvalue weighted by atomic mass is 35.5. The van der Waals surface area contributed by atoms with Crippen LogP contribution in [-0.2, 0) is 20.7 Å². The molecule has 2 aliphatic heterocycles. The van der Waals surface area contributed by atoms with Gasteiger partial charge in [0, 0.05) is 57.3 Å². The molecule has 4 rings (SSSR count). The third-order valence-corrected chi connectivity index (χ3v) is 7.16. The lowest BCUT2D eigenvalue weighted by Crippen LogP contribution is -2.56. The molecule has 2 saturated heterocycles. The second-order valence-corrected chi connectivity index (χ2v) is 11.5. The van der Waals surface area contributed by atoms with E-state index in [1.807, 2.05) is 35.2 Å². The molecule has 1 N–H and O–H groups in total. The predicted octanol–water partition coefficient (Wildman–Crippen LogP) is 3.84. The van der Waals surface area contributed by atoms with E-state index in [9.17, 15) is 9.59 Å². The zero-order valence-corrected chi connectivity index (χ0v) is 24.5. The van der Waals surface area contributed by atoms with Crippen LogP contribution in [0, 0.1) is 0 Å². The number of carbonyl (C=O) groups is 2. The molecule has 2 fully saturated rings. The topological polar surface area (TPSA) is 83.6 Å². The number of anilines is 1. The van der Waals surface area contributed by atoms with Crippen molar-refractivity contribution >= 4 is 29.3 Å². The molecular formula is C30H41ClN4O5. The second-order valence-electron chi connectivity index (χ2n) is 11.1. The monoisotopic (exact) mass is 572 g/mol. The standard InChI is InChI=1S/C30H41ClN4O5/c1-30(2,3)40-29(37)32-25(22-23-8-10-24(31)11-9-23)28(36)35-14-12-34(13-15-35)26-6-4-5-7-27(26)39-21-18-33-16-19-38-20-17-33/h4-11,25H,12-22H2,1-3H3,(H,32,37). The quantitative estimate of drug-likeness (QED) is 0.489. The van der Waals surface area contributed by atoms with E-state index < -0.39 is 17.7 Å². The van der Waals surface area contributed by atoms with Crippen LogP contribution in [0.25, 0.3) is 0 Å². The largest absolute Gasteiger partial charge is 0.490 e. The maximum atomic E-state index is 13.6. The minimum absolute atomic E-state index is 0.129. The fraction of sp³-hybridized carbons (Fsp3) is 0.533. The molecule has 1 atom stereocenters. The third-order valence-electron chi connectivity index (χ3n) is 6.91. The molecule has 2 amide bonds. The van der Waals surface area contributed by atoms with Crippen LogP contribution < -0.4 is 15.0 Å². The lowest BCUT2D eigenvalue weighted by Gasteiger charge is -2.38. The number of nitrogens with one attached hydrogen (secondary N) is 1. The van der Waals surface area contributed by atoms with Gasteiger partial charge in [0.1, 0.15) is 24.0 Å². The van der Waals surface area contributed by atoms with E-state index >= 15 is 0 Å². The smallest absolute Gasteiger partial charge is 0.408 e. The van der Waals surface area contributed by atoms with Crippen molar-refractivity contribution in [3.63, 3.8) is 0 Å². The summed E-state index contributed by atoms with van der Waals surface area (Å²) >= 11 is 6.04. The van der Waals surface area contributed by atoms with Crippen LogP contribution in [0.5, 0.6) is 5.75 Å². The minimum atomic E-state index is -0.751. The average molecular weight is 573 g/mol. The van der Waals surface area contributed by atoms with Gasteiger partial charge in [-0.15, -0.1) is 0 Å². The summed E-state index contributed by atoms with van der Waals surface area (Å²) in [5, 5.41) is 3.42. The molecule has 0 aliphatic carbocycles. The second kappa shape index (κ2) is 14.1. The van der Waals surface area contributed by atoms with Crippen molar-refractivity contribution in [3.05, 3.63) is 59.1 Å². The van der Waals surface area contributed by atoms with E-state index in [4.69, 9.17) is 25.8 Å². The Hall–Kier alpha value is -3.01. The fourth-order valence-electron chi connectivity index (χ4n) is 4.84. The van der Waals surface area contributed by atoms with Gasteiger partial charge in [0.25, 0.3) is 0 Å². The molecule has 2 aliphatic rings. The van der Waals surface area contributed by atoms with E-state index in [2.05, 4.69) is 21.2 Å². The molecule has 0 radical (unpaired) electrons. The van der Waals surface area contributed by atoms with Gasteiger partial charge < -0.3 is 29.3 Å². The summed E-state index contributed by atoms with van der Waals surface area (Å²) in [6.45, 7) is 12.7. The highest BCUT2D eigenvalue weighted by Gasteiger charge is 2.31. The normalized spacial score (nSPS) is 17.3. The predicted molar refractivity (Wildman–Crippen MR) is 156 cm³/mol. The average Bonchev–Trinajstić information content (AvgIpc) is 2.93. The number of morpholine rings is 1. The van der Waals surface area contributed by atoms with Crippen molar-refractivity contribution in [2.75, 3.05) is 70.5 Å². The van der Waals surface area contributed by atoms with Crippen molar-refractivity contribution in [3.8, 4) is 5.75 Å². The number of alkyl carbamates (subject to hydrolysis) is 1. The summed E-state index contributed by atoms with van der Waals surface area (Å²) in [7, 11) is 0. The lowest BCUT2D eigenvalue weighted by molar-refractivity contribution is -0.133. The van der Waals surface area contributed by atoms with E-state index in [-0.39, 0.29) is 5.91 Å². The molecule has 0 bridgehead atoms. The van der Waals surface area contributed by atoms with Crippen LogP contribution in [0.1, 0.15) is 26.3 Å². The first-order valence-corrected chi connectivity index (χ1v) is 14.4. The summed E-state index contributed by atoms with van der Waals surface area (Å²) in [6, 6.07) is 14.6. The Morgan fingerprint density at radius 3 is 2.33 bits per heavy atom. The van der Waals surface area contributed by atoms with E-state index in [0.717, 1.165) is 49.8 Å². The first-order chi connectivity index (χ1) is 19.2. The molecule has 0 saturated carbocycles. The molecule has 2 aromatic rings. The summed E-state index contributed by atoms with van der Waals surface area (Å²) < 4.78 is 17.1. The highest BCUT2D eigenvalue weighted by molar-refractivity contribution is 6.30. The van der Waals surface area contributed by atoms with Gasteiger partial charge in [0.15, 0.2) is 0 Å². The molecule has 10 heteroatoms. The zero-order valence-electron chi connectivity index (χ0n) is 23.7. The number of para-hydroxylation sites is 2. The Kier molecular flexibility index (Phi) is 10.5. The Bertz CT molecular complexity index is 1110. The maximum Gasteiger partial charge on any atom is 0.408 e. The van der Waals surface area contributed by atoms with Crippen molar-refractivity contribution in [2.45, 2.75) is 38.8 Å². The van der Waals surface area contributed by atoms with Crippen molar-refractivity contribution in [1.82, 2.24) is 15.1 Å². The molecule has 218 valence electrons. The Balaban J connectivity index is 1.36. The van der Waals surface area contributed by atoms with Gasteiger partial charge in [-0.3, -0.25) is 9.69 Å². The van der Waals surface area contributed by atoms with Crippen molar-refractivity contribution in [1.29, 1.82) is 0 Å². The minimum Gasteiger partial charge on any atom is -0.490 e. The van der Waals surface area contributed by atoms with E-state index in [0.29, 0.717) is 44.2 Å². The summed E-state index contributed by atoms with van der Waals surface area (Å²) in [6.07, 6.45) is -0.267. The van der Waals surface area contributed by atoms with Crippen LogP contribution in [0.3, 0.4) is 0 Å². The molecule has 1 unspecified atom stereocenters. The van der Waals surface area contributed by atoms with Gasteiger partial charge in [0.05, 0.1) is 18.9 Å². The number of benzene rings is 2. The highest BCUT2D eigenvalue weighted by Crippen LogP contribution is 2.29. The number of hydrogen-bond acceptors (Lipinski definition) is 7. The Labute approximate surface area is 242 Å². The first-order valence-electron chi connectivity index (χ1n) is 14.0. The van der Waals surface area contributed by atoms with Gasteiger partial charge in [-0.2, -0.15) is 0 Å². The summed E-state index contributed by atoms with van der Waals surface area (Å²) in [5.41, 5.74) is 1.27. The maximum absolute atomic E-state index is 13.6. The number of amides is 2. The van der Waals surface area contributed by atoms with Crippen molar-refractivity contribution < 1.29 is 23.8 Å². The zero-order chi connectivity index (χ0) is 28.5. The molecule has 9 nitrogen and oxygen atoms in total. The SMILES string of the molecule is CC(C)(C)OC(=O)NC(Cc1ccc(Cl)cc1)C(=O)N1CCN(c2ccccc2OCCN2CCOCC2)CC1. The lowest BCUT2D eigenvalue weighted by atomic mass is 10.0. The van der Waals surface area contributed by atoms with Gasteiger partial charge in [-0.1, -0.05) is 35.9 Å². The number of rotatable bonds is 9. The number of ether oxygens (including phenoxy) is 3. The molecule has 2 aromatic carbocycles. The summed E-state index contributed by atoms with van der Waals surface area (Å²) in [4.78, 5) is 32.7. The number of carbonyl (C=O) groups excluding carboxylic acids is 2. The van der Waals surface area contributed by atoms with Crippen LogP contribution in [0.4, 0.5) is 10.5 Å². The van der Waals surface area contributed by atoms with Crippen LogP contribution in [-0.4, -0.2) is 99.1 Å². The molecule has 2 heterocycles. The Morgan fingerprint density at radius 1 is 0.975 bits per heavy atom. The Morgan fingerprint density at radius 2 is 1.65 bits per heavy atom. The van der Waals surface area contributed by atoms with Gasteiger partial charge in [-0.05, 0) is 50.6 Å². The van der Waals surface area contributed by atoms with Crippen LogP contribution in [0.15, 0.2) is 48.5 Å². The fourth-order valence-corrected chi connectivity index (χ4v) is 4.97. The molecule has 0 spiro atoms. The van der Waals surface area contributed by atoms with E-state index in [1.54, 1.807) is 32.9 Å². The molecule has 40 heavy (non-hydrogen) atoms. The number of nitrogens with zero attached hydrogens (tertiary/aromatic N) is 3. The van der Waals surface area contributed by atoms with Gasteiger partial charge in [-0.25, -0.2) is 4.79 Å². The van der Waals surface area contributed by atoms with Gasteiger partial charge >= 0.3 is 6.09 Å². The number of halogens is 1. The molecule has 0 aromatic heterocycles. The van der Waals surface area contributed by atoms with Gasteiger partial charge in [0.2, 0.25) is 5.91 Å². The summed E-state index contributed by atoms with van der Waals surface area (Å²) in [5.74, 6) is 0.721. The van der Waals surface area contributed by atoms with Crippen LogP contribution >= 0.6 is 11.6 Å². The van der Waals surface area contributed by atoms with Crippen LogP contribution in [0.2, 0.25) is 5.02 Å². The third kappa shape index (κ3) is 9.01.